The molecule has 30 heavy (non-hydrogen) atoms. The number of amides is 1. The second kappa shape index (κ2) is 9.87. The van der Waals surface area contributed by atoms with Crippen molar-refractivity contribution in [2.45, 2.75) is 46.8 Å². The number of nitrogen functional groups attached to an aromatic ring is 1. The fourth-order valence-electron chi connectivity index (χ4n) is 3.36. The predicted octanol–water partition coefficient (Wildman–Crippen LogP) is 3.36. The lowest BCUT2D eigenvalue weighted by molar-refractivity contribution is 0.0953. The monoisotopic (exact) mass is 408 g/mol. The molecule has 158 valence electrons. The predicted molar refractivity (Wildman–Crippen MR) is 118 cm³/mol. The maximum atomic E-state index is 12.2. The standard InChI is InChI=1S/C22H28N6O2/c1-4-25-30-14-18-27-19-20(15(2)16(3)26-21(19)23)28(18)13-9-8-12-24-22(29)17-10-6-5-7-11-17/h4-7,10-11H,8-9,12-14H2,1-3H3,(H2,23,26)(H,24,29). The van der Waals surface area contributed by atoms with E-state index in [2.05, 4.69) is 25.0 Å². The molecular weight excluding hydrogens is 380 g/mol. The first-order chi connectivity index (χ1) is 14.5. The van der Waals surface area contributed by atoms with Gasteiger partial charge in [-0.05, 0) is 51.3 Å². The summed E-state index contributed by atoms with van der Waals surface area (Å²) in [6.07, 6.45) is 3.29. The SMILES string of the molecule is CC=NOCc1nc2c(N)nc(C)c(C)c2n1CCCCNC(=O)c1ccccc1. The van der Waals surface area contributed by atoms with Crippen LogP contribution >= 0.6 is 0 Å². The average molecular weight is 409 g/mol. The van der Waals surface area contributed by atoms with Crippen LogP contribution in [0.1, 0.15) is 47.2 Å². The smallest absolute Gasteiger partial charge is 0.251 e. The summed E-state index contributed by atoms with van der Waals surface area (Å²) in [5.41, 5.74) is 10.4. The van der Waals surface area contributed by atoms with E-state index in [-0.39, 0.29) is 12.5 Å². The fourth-order valence-corrected chi connectivity index (χ4v) is 3.36. The van der Waals surface area contributed by atoms with Crippen LogP contribution in [0.25, 0.3) is 11.0 Å². The number of imidazole rings is 1. The highest BCUT2D eigenvalue weighted by atomic mass is 16.6. The number of aromatic nitrogens is 3. The van der Waals surface area contributed by atoms with Crippen LogP contribution in [0.5, 0.6) is 0 Å². The summed E-state index contributed by atoms with van der Waals surface area (Å²) in [4.78, 5) is 26.5. The third kappa shape index (κ3) is 4.76. The van der Waals surface area contributed by atoms with Gasteiger partial charge >= 0.3 is 0 Å². The Hall–Kier alpha value is -3.42. The molecule has 8 nitrogen and oxygen atoms in total. The lowest BCUT2D eigenvalue weighted by atomic mass is 10.2. The topological polar surface area (TPSA) is 107 Å². The fraction of sp³-hybridized carbons (Fsp3) is 0.364. The van der Waals surface area contributed by atoms with E-state index in [0.717, 1.165) is 42.0 Å². The Morgan fingerprint density at radius 1 is 1.23 bits per heavy atom. The van der Waals surface area contributed by atoms with E-state index in [1.54, 1.807) is 13.1 Å². The summed E-state index contributed by atoms with van der Waals surface area (Å²) in [5.74, 6) is 1.12. The van der Waals surface area contributed by atoms with Gasteiger partial charge < -0.3 is 20.5 Å². The number of nitrogens with two attached hydrogens (primary N) is 1. The molecule has 0 bridgehead atoms. The zero-order valence-electron chi connectivity index (χ0n) is 17.7. The molecule has 3 N–H and O–H groups in total. The summed E-state index contributed by atoms with van der Waals surface area (Å²) in [5, 5.41) is 6.79. The highest BCUT2D eigenvalue weighted by Gasteiger charge is 2.17. The van der Waals surface area contributed by atoms with Crippen LogP contribution < -0.4 is 11.1 Å². The zero-order valence-corrected chi connectivity index (χ0v) is 17.7. The summed E-state index contributed by atoms with van der Waals surface area (Å²) >= 11 is 0. The molecule has 0 saturated carbocycles. The lowest BCUT2D eigenvalue weighted by Gasteiger charge is -2.12. The molecule has 8 heteroatoms. The van der Waals surface area contributed by atoms with E-state index in [1.165, 1.54) is 0 Å². The average Bonchev–Trinajstić information content (AvgIpc) is 3.11. The van der Waals surface area contributed by atoms with E-state index in [0.29, 0.717) is 23.4 Å². The molecule has 2 aromatic heterocycles. The number of pyridine rings is 1. The van der Waals surface area contributed by atoms with Crippen molar-refractivity contribution in [3.63, 3.8) is 0 Å². The number of aryl methyl sites for hydroxylation is 3. The Bertz CT molecular complexity index is 1040. The third-order valence-corrected chi connectivity index (χ3v) is 4.98. The van der Waals surface area contributed by atoms with Gasteiger partial charge in [0.2, 0.25) is 0 Å². The molecule has 2 heterocycles. The molecular formula is C22H28N6O2. The highest BCUT2D eigenvalue weighted by molar-refractivity contribution is 5.94. The molecule has 3 rings (SSSR count). The molecule has 0 unspecified atom stereocenters. The summed E-state index contributed by atoms with van der Waals surface area (Å²) < 4.78 is 2.12. The van der Waals surface area contributed by atoms with Crippen LogP contribution in [-0.4, -0.2) is 33.2 Å². The molecule has 0 aliphatic carbocycles. The van der Waals surface area contributed by atoms with Crippen LogP contribution in [0.2, 0.25) is 0 Å². The first kappa shape index (κ1) is 21.3. The van der Waals surface area contributed by atoms with Gasteiger partial charge in [0.25, 0.3) is 5.91 Å². The number of anilines is 1. The minimum absolute atomic E-state index is 0.0551. The quantitative estimate of drug-likeness (QED) is 0.321. The van der Waals surface area contributed by atoms with E-state index in [4.69, 9.17) is 10.6 Å². The number of hydrogen-bond donors (Lipinski definition) is 2. The summed E-state index contributed by atoms with van der Waals surface area (Å²) in [6, 6.07) is 9.22. The number of carbonyl (C=O) groups is 1. The number of carbonyl (C=O) groups excluding carboxylic acids is 1. The number of fused-ring (bicyclic) bond motifs is 1. The van der Waals surface area contributed by atoms with Gasteiger partial charge in [-0.1, -0.05) is 23.4 Å². The van der Waals surface area contributed by atoms with Crippen molar-refractivity contribution >= 4 is 29.0 Å². The number of hydrogen-bond acceptors (Lipinski definition) is 6. The number of unbranched alkanes of at least 4 members (excludes halogenated alkanes) is 1. The molecule has 0 radical (unpaired) electrons. The van der Waals surface area contributed by atoms with E-state index >= 15 is 0 Å². The minimum atomic E-state index is -0.0551. The van der Waals surface area contributed by atoms with Crippen molar-refractivity contribution in [3.05, 3.63) is 53.0 Å². The maximum Gasteiger partial charge on any atom is 0.251 e. The second-order valence-corrected chi connectivity index (χ2v) is 7.05. The third-order valence-electron chi connectivity index (χ3n) is 4.98. The molecule has 0 saturated heterocycles. The Kier molecular flexibility index (Phi) is 7.00. The minimum Gasteiger partial charge on any atom is -0.388 e. The number of rotatable bonds is 9. The first-order valence-electron chi connectivity index (χ1n) is 10.1. The van der Waals surface area contributed by atoms with Crippen molar-refractivity contribution in [2.75, 3.05) is 12.3 Å². The summed E-state index contributed by atoms with van der Waals surface area (Å²) in [6.45, 7) is 7.35. The molecule has 0 spiro atoms. The lowest BCUT2D eigenvalue weighted by Crippen LogP contribution is -2.24. The number of nitrogens with zero attached hydrogens (tertiary/aromatic N) is 4. The molecule has 3 aromatic rings. The van der Waals surface area contributed by atoms with Gasteiger partial charge in [-0.2, -0.15) is 0 Å². The molecule has 0 atom stereocenters. The van der Waals surface area contributed by atoms with Gasteiger partial charge in [0.15, 0.2) is 18.2 Å². The van der Waals surface area contributed by atoms with Gasteiger partial charge in [0.1, 0.15) is 5.52 Å². The molecule has 0 aliphatic heterocycles. The number of nitrogens with one attached hydrogen (secondary N) is 1. The van der Waals surface area contributed by atoms with Gasteiger partial charge in [0.05, 0.1) is 5.52 Å². The van der Waals surface area contributed by atoms with E-state index in [9.17, 15) is 4.79 Å². The van der Waals surface area contributed by atoms with E-state index < -0.39 is 0 Å². The van der Waals surface area contributed by atoms with Crippen molar-refractivity contribution in [1.82, 2.24) is 19.9 Å². The molecule has 0 aliphatic rings. The summed E-state index contributed by atoms with van der Waals surface area (Å²) in [7, 11) is 0. The normalized spacial score (nSPS) is 11.3. The van der Waals surface area contributed by atoms with Gasteiger partial charge in [-0.15, -0.1) is 0 Å². The van der Waals surface area contributed by atoms with Crippen LogP contribution in [0, 0.1) is 13.8 Å². The maximum absolute atomic E-state index is 12.2. The van der Waals surface area contributed by atoms with Gasteiger partial charge in [0, 0.05) is 30.6 Å². The van der Waals surface area contributed by atoms with E-state index in [1.807, 2.05) is 44.2 Å². The van der Waals surface area contributed by atoms with Gasteiger partial charge in [-0.3, -0.25) is 4.79 Å². The Balaban J connectivity index is 1.69. The van der Waals surface area contributed by atoms with Crippen LogP contribution in [-0.2, 0) is 18.0 Å². The second-order valence-electron chi connectivity index (χ2n) is 7.05. The van der Waals surface area contributed by atoms with Crippen molar-refractivity contribution in [2.24, 2.45) is 5.16 Å². The zero-order chi connectivity index (χ0) is 21.5. The highest BCUT2D eigenvalue weighted by Crippen LogP contribution is 2.26. The van der Waals surface area contributed by atoms with Crippen molar-refractivity contribution in [1.29, 1.82) is 0 Å². The number of oxime groups is 1. The largest absolute Gasteiger partial charge is 0.388 e. The molecule has 1 amide bonds. The molecule has 0 fully saturated rings. The number of benzene rings is 1. The van der Waals surface area contributed by atoms with Crippen LogP contribution in [0.15, 0.2) is 35.5 Å². The van der Waals surface area contributed by atoms with Crippen molar-refractivity contribution in [3.8, 4) is 0 Å². The Labute approximate surface area is 176 Å². The first-order valence-corrected chi connectivity index (χ1v) is 10.1. The van der Waals surface area contributed by atoms with Crippen molar-refractivity contribution < 1.29 is 9.63 Å². The Morgan fingerprint density at radius 3 is 2.73 bits per heavy atom. The molecule has 1 aromatic carbocycles. The van der Waals surface area contributed by atoms with Crippen LogP contribution in [0.3, 0.4) is 0 Å². The van der Waals surface area contributed by atoms with Crippen LogP contribution in [0.4, 0.5) is 5.82 Å². The Morgan fingerprint density at radius 2 is 2.00 bits per heavy atom. The van der Waals surface area contributed by atoms with Gasteiger partial charge in [-0.25, -0.2) is 9.97 Å².